The number of para-hydroxylation sites is 4. The van der Waals surface area contributed by atoms with E-state index in [0.717, 1.165) is 66.9 Å². The van der Waals surface area contributed by atoms with Crippen LogP contribution in [0.25, 0.3) is 93.6 Å². The van der Waals surface area contributed by atoms with Crippen LogP contribution in [-0.2, 0) is 0 Å². The first-order chi connectivity index (χ1) is 30.3. The van der Waals surface area contributed by atoms with Crippen LogP contribution in [0.15, 0.2) is 235 Å². The second-order valence-electron chi connectivity index (χ2n) is 15.6. The van der Waals surface area contributed by atoms with Gasteiger partial charge >= 0.3 is 0 Å². The third-order valence-corrected chi connectivity index (χ3v) is 12.2. The predicted octanol–water partition coefficient (Wildman–Crippen LogP) is 16.3. The van der Waals surface area contributed by atoms with Crippen LogP contribution in [0.4, 0.5) is 17.1 Å². The number of nitrogens with zero attached hydrogens (tertiary/aromatic N) is 2. The summed E-state index contributed by atoms with van der Waals surface area (Å²) in [6.07, 6.45) is 0. The molecule has 0 aliphatic rings. The van der Waals surface area contributed by atoms with Crippen molar-refractivity contribution in [1.29, 1.82) is 0 Å². The van der Waals surface area contributed by atoms with E-state index in [-0.39, 0.29) is 0 Å². The van der Waals surface area contributed by atoms with Crippen LogP contribution in [0.5, 0.6) is 0 Å². The summed E-state index contributed by atoms with van der Waals surface area (Å²) >= 11 is 0. The van der Waals surface area contributed by atoms with Crippen molar-refractivity contribution in [3.8, 4) is 39.1 Å². The molecule has 0 radical (unpaired) electrons. The molecule has 0 N–H and O–H groups in total. The normalized spacial score (nSPS) is 11.6. The Kier molecular flexibility index (Phi) is 8.17. The van der Waals surface area contributed by atoms with Crippen molar-refractivity contribution >= 4 is 71.6 Å². The second-order valence-corrected chi connectivity index (χ2v) is 15.6. The van der Waals surface area contributed by atoms with Crippen molar-refractivity contribution in [1.82, 2.24) is 4.57 Å². The Bertz CT molecular complexity index is 3600. The fraction of sp³-hybridized carbons (Fsp3) is 0. The molecule has 0 saturated carbocycles. The molecule has 12 aromatic rings. The molecule has 2 aromatic heterocycles. The van der Waals surface area contributed by atoms with Gasteiger partial charge in [-0.1, -0.05) is 170 Å². The van der Waals surface area contributed by atoms with Crippen molar-refractivity contribution < 1.29 is 4.42 Å². The number of hydrogen-bond donors (Lipinski definition) is 0. The minimum atomic E-state index is 0.874. The first kappa shape index (κ1) is 34.9. The Hall–Kier alpha value is -8.14. The fourth-order valence-electron chi connectivity index (χ4n) is 9.49. The van der Waals surface area contributed by atoms with Gasteiger partial charge in [0.15, 0.2) is 0 Å². The lowest BCUT2D eigenvalue weighted by Gasteiger charge is -2.28. The van der Waals surface area contributed by atoms with Gasteiger partial charge in [0.1, 0.15) is 11.2 Å². The van der Waals surface area contributed by atoms with Gasteiger partial charge in [0, 0.05) is 44.0 Å². The molecule has 0 aliphatic heterocycles. The van der Waals surface area contributed by atoms with Crippen LogP contribution in [0, 0.1) is 0 Å². The monoisotopic (exact) mass is 778 g/mol. The van der Waals surface area contributed by atoms with E-state index in [0.29, 0.717) is 0 Å². The number of fused-ring (bicyclic) bond motifs is 8. The Morgan fingerprint density at radius 3 is 1.82 bits per heavy atom. The quantitative estimate of drug-likeness (QED) is 0.161. The van der Waals surface area contributed by atoms with E-state index in [1.54, 1.807) is 0 Å². The van der Waals surface area contributed by atoms with Gasteiger partial charge in [-0.25, -0.2) is 0 Å². The summed E-state index contributed by atoms with van der Waals surface area (Å²) in [5.74, 6) is 0. The summed E-state index contributed by atoms with van der Waals surface area (Å²) in [6, 6.07) is 83.0. The molecule has 0 spiro atoms. The van der Waals surface area contributed by atoms with E-state index in [4.69, 9.17) is 4.42 Å². The molecule has 2 heterocycles. The molecular formula is C58H38N2O. The highest BCUT2D eigenvalue weighted by atomic mass is 16.3. The van der Waals surface area contributed by atoms with E-state index in [2.05, 4.69) is 228 Å². The topological polar surface area (TPSA) is 21.3 Å². The molecule has 0 atom stereocenters. The zero-order valence-corrected chi connectivity index (χ0v) is 33.2. The van der Waals surface area contributed by atoms with Gasteiger partial charge in [0.25, 0.3) is 0 Å². The van der Waals surface area contributed by atoms with Crippen LogP contribution in [0.2, 0.25) is 0 Å². The lowest BCUT2D eigenvalue weighted by atomic mass is 9.94. The van der Waals surface area contributed by atoms with Gasteiger partial charge in [0.05, 0.1) is 22.4 Å². The zero-order valence-electron chi connectivity index (χ0n) is 33.2. The highest BCUT2D eigenvalue weighted by Crippen LogP contribution is 2.46. The first-order valence-corrected chi connectivity index (χ1v) is 20.8. The lowest BCUT2D eigenvalue weighted by Crippen LogP contribution is -2.11. The summed E-state index contributed by atoms with van der Waals surface area (Å²) in [5.41, 5.74) is 15.5. The minimum Gasteiger partial charge on any atom is -0.456 e. The smallest absolute Gasteiger partial charge is 0.135 e. The predicted molar refractivity (Wildman–Crippen MR) is 257 cm³/mol. The van der Waals surface area contributed by atoms with Gasteiger partial charge in [-0.15, -0.1) is 0 Å². The number of furan rings is 1. The molecule has 0 unspecified atom stereocenters. The van der Waals surface area contributed by atoms with Gasteiger partial charge in [-0.05, 0) is 93.7 Å². The van der Waals surface area contributed by atoms with Crippen molar-refractivity contribution in [3.63, 3.8) is 0 Å². The second kappa shape index (κ2) is 14.3. The SMILES string of the molecule is c1ccc(-c2ccccc2N(c2cccc(-c3ccccc3-n3c4ccccc4c4c5c(-c6ccccc6)cccc5ccc43)c2)c2ccc3oc4ccccc4c3c2)cc1. The van der Waals surface area contributed by atoms with Crippen molar-refractivity contribution in [2.45, 2.75) is 0 Å². The summed E-state index contributed by atoms with van der Waals surface area (Å²) in [4.78, 5) is 2.40. The molecule has 0 fully saturated rings. The van der Waals surface area contributed by atoms with Crippen molar-refractivity contribution in [2.75, 3.05) is 4.90 Å². The third-order valence-electron chi connectivity index (χ3n) is 12.2. The first-order valence-electron chi connectivity index (χ1n) is 20.8. The molecule has 0 saturated heterocycles. The maximum Gasteiger partial charge on any atom is 0.135 e. The van der Waals surface area contributed by atoms with Crippen molar-refractivity contribution in [3.05, 3.63) is 231 Å². The molecule has 0 amide bonds. The molecule has 286 valence electrons. The molecule has 3 nitrogen and oxygen atoms in total. The van der Waals surface area contributed by atoms with Gasteiger partial charge in [0.2, 0.25) is 0 Å². The number of aromatic nitrogens is 1. The van der Waals surface area contributed by atoms with Crippen molar-refractivity contribution in [2.24, 2.45) is 0 Å². The molecule has 0 aliphatic carbocycles. The standard InChI is InChI=1S/C58H38N2O/c1-3-17-39(18-4-1)45-24-7-11-29-51(45)59(44-34-36-56-50(38-44)48-26-10-14-32-55(48)61-56)43-23-15-22-42(37-43)46-25-8-12-30-52(46)60-53-31-13-9-27-49(53)58-54(60)35-33-41-21-16-28-47(57(41)58)40-19-5-2-6-20-40/h1-38H. The number of anilines is 3. The average Bonchev–Trinajstić information content (AvgIpc) is 3.88. The van der Waals surface area contributed by atoms with E-state index < -0.39 is 0 Å². The highest BCUT2D eigenvalue weighted by Gasteiger charge is 2.22. The number of hydrogen-bond acceptors (Lipinski definition) is 2. The number of rotatable bonds is 7. The minimum absolute atomic E-state index is 0.874. The lowest BCUT2D eigenvalue weighted by molar-refractivity contribution is 0.669. The van der Waals surface area contributed by atoms with E-state index in [1.165, 1.54) is 43.7 Å². The number of benzene rings is 10. The molecule has 0 bridgehead atoms. The Labute approximate surface area is 353 Å². The highest BCUT2D eigenvalue weighted by molar-refractivity contribution is 6.25. The summed E-state index contributed by atoms with van der Waals surface area (Å²) in [7, 11) is 0. The molecule has 10 aromatic carbocycles. The van der Waals surface area contributed by atoms with Gasteiger partial charge < -0.3 is 13.9 Å². The van der Waals surface area contributed by atoms with Crippen LogP contribution >= 0.6 is 0 Å². The molecule has 61 heavy (non-hydrogen) atoms. The Morgan fingerprint density at radius 2 is 0.967 bits per heavy atom. The third kappa shape index (κ3) is 5.74. The maximum atomic E-state index is 6.31. The van der Waals surface area contributed by atoms with E-state index in [1.807, 2.05) is 12.1 Å². The van der Waals surface area contributed by atoms with E-state index in [9.17, 15) is 0 Å². The Morgan fingerprint density at radius 1 is 0.344 bits per heavy atom. The molecular weight excluding hydrogens is 741 g/mol. The summed E-state index contributed by atoms with van der Waals surface area (Å²) in [6.45, 7) is 0. The van der Waals surface area contributed by atoms with Crippen LogP contribution in [-0.4, -0.2) is 4.57 Å². The molecule has 3 heteroatoms. The summed E-state index contributed by atoms with van der Waals surface area (Å²) in [5, 5.41) is 7.20. The summed E-state index contributed by atoms with van der Waals surface area (Å²) < 4.78 is 8.78. The zero-order chi connectivity index (χ0) is 40.3. The van der Waals surface area contributed by atoms with Gasteiger partial charge in [-0.3, -0.25) is 0 Å². The molecule has 12 rings (SSSR count). The maximum absolute atomic E-state index is 6.31. The van der Waals surface area contributed by atoms with Gasteiger partial charge in [-0.2, -0.15) is 0 Å². The average molecular weight is 779 g/mol. The Balaban J connectivity index is 1.08. The van der Waals surface area contributed by atoms with E-state index >= 15 is 0 Å². The van der Waals surface area contributed by atoms with Crippen LogP contribution in [0.1, 0.15) is 0 Å². The fourth-order valence-corrected chi connectivity index (χ4v) is 9.49. The van der Waals surface area contributed by atoms with Crippen LogP contribution < -0.4 is 4.90 Å². The van der Waals surface area contributed by atoms with Crippen LogP contribution in [0.3, 0.4) is 0 Å². The largest absolute Gasteiger partial charge is 0.456 e.